The number of hydrogen-bond donors (Lipinski definition) is 1. The summed E-state index contributed by atoms with van der Waals surface area (Å²) >= 11 is 0. The Balaban J connectivity index is 1.59. The number of anilines is 1. The van der Waals surface area contributed by atoms with E-state index in [2.05, 4.69) is 4.90 Å². The van der Waals surface area contributed by atoms with Crippen LogP contribution >= 0.6 is 0 Å². The topological polar surface area (TPSA) is 89.7 Å². The highest BCUT2D eigenvalue weighted by Gasteiger charge is 2.33. The molecule has 1 aliphatic carbocycles. The van der Waals surface area contributed by atoms with Crippen molar-refractivity contribution in [3.63, 3.8) is 0 Å². The van der Waals surface area contributed by atoms with Crippen molar-refractivity contribution in [2.24, 2.45) is 5.73 Å². The van der Waals surface area contributed by atoms with Crippen LogP contribution in [0.5, 0.6) is 0 Å². The molecule has 0 unspecified atom stereocenters. The lowest BCUT2D eigenvalue weighted by Crippen LogP contribution is -2.41. The van der Waals surface area contributed by atoms with Gasteiger partial charge in [-0.05, 0) is 13.0 Å². The number of esters is 1. The summed E-state index contributed by atoms with van der Waals surface area (Å²) in [6.07, 6.45) is 1.13. The van der Waals surface area contributed by atoms with Crippen LogP contribution in [-0.4, -0.2) is 42.8 Å². The molecule has 0 radical (unpaired) electrons. The fourth-order valence-electron chi connectivity index (χ4n) is 3.88. The van der Waals surface area contributed by atoms with Crippen LogP contribution in [0.1, 0.15) is 51.6 Å². The third-order valence-electron chi connectivity index (χ3n) is 5.37. The van der Waals surface area contributed by atoms with E-state index in [9.17, 15) is 14.4 Å². The molecule has 0 amide bonds. The van der Waals surface area contributed by atoms with E-state index in [0.29, 0.717) is 48.2 Å². The average molecular weight is 378 g/mol. The number of nitrogens with zero attached hydrogens (tertiary/aromatic N) is 1. The number of ketones is 2. The summed E-state index contributed by atoms with van der Waals surface area (Å²) in [5, 5.41) is 0. The molecule has 2 aromatic rings. The van der Waals surface area contributed by atoms with E-state index >= 15 is 0 Å². The van der Waals surface area contributed by atoms with E-state index < -0.39 is 12.0 Å². The summed E-state index contributed by atoms with van der Waals surface area (Å²) in [6, 6.07) is 11.7. The first-order valence-electron chi connectivity index (χ1n) is 9.50. The van der Waals surface area contributed by atoms with Crippen LogP contribution in [-0.2, 0) is 9.53 Å². The number of hydrogen-bond acceptors (Lipinski definition) is 6. The van der Waals surface area contributed by atoms with Gasteiger partial charge < -0.3 is 15.4 Å². The van der Waals surface area contributed by atoms with Gasteiger partial charge in [-0.25, -0.2) is 0 Å². The number of carbonyl (C=O) groups is 3. The zero-order valence-electron chi connectivity index (χ0n) is 15.7. The molecule has 2 aliphatic rings. The third-order valence-corrected chi connectivity index (χ3v) is 5.37. The monoisotopic (exact) mass is 378 g/mol. The van der Waals surface area contributed by atoms with Crippen molar-refractivity contribution >= 4 is 23.2 Å². The van der Waals surface area contributed by atoms with Crippen molar-refractivity contribution in [1.82, 2.24) is 0 Å². The van der Waals surface area contributed by atoms with Crippen molar-refractivity contribution in [2.75, 3.05) is 18.0 Å². The quantitative estimate of drug-likeness (QED) is 0.704. The third kappa shape index (κ3) is 3.10. The molecule has 0 spiro atoms. The molecule has 6 heteroatoms. The molecular weight excluding hydrogens is 356 g/mol. The Kier molecular flexibility index (Phi) is 4.73. The lowest BCUT2D eigenvalue weighted by molar-refractivity contribution is -0.151. The highest BCUT2D eigenvalue weighted by molar-refractivity contribution is 6.30. The van der Waals surface area contributed by atoms with Crippen LogP contribution in [0, 0.1) is 0 Å². The molecule has 6 nitrogen and oxygen atoms in total. The first-order valence-corrected chi connectivity index (χ1v) is 9.50. The summed E-state index contributed by atoms with van der Waals surface area (Å²) in [4.78, 5) is 39.8. The van der Waals surface area contributed by atoms with E-state index in [1.165, 1.54) is 0 Å². The smallest absolute Gasteiger partial charge is 0.322 e. The van der Waals surface area contributed by atoms with E-state index in [-0.39, 0.29) is 17.7 Å². The molecule has 1 aliphatic heterocycles. The van der Waals surface area contributed by atoms with Gasteiger partial charge in [0.2, 0.25) is 0 Å². The lowest BCUT2D eigenvalue weighted by atomic mass is 9.83. The van der Waals surface area contributed by atoms with Gasteiger partial charge in [0.25, 0.3) is 0 Å². The molecule has 2 aromatic carbocycles. The Morgan fingerprint density at radius 2 is 1.61 bits per heavy atom. The molecule has 0 saturated carbocycles. The normalized spacial score (nSPS) is 17.7. The summed E-state index contributed by atoms with van der Waals surface area (Å²) in [6.45, 7) is 2.88. The summed E-state index contributed by atoms with van der Waals surface area (Å²) < 4.78 is 5.42. The van der Waals surface area contributed by atoms with Crippen molar-refractivity contribution < 1.29 is 19.1 Å². The molecule has 1 saturated heterocycles. The minimum atomic E-state index is -0.636. The zero-order chi connectivity index (χ0) is 19.8. The highest BCUT2D eigenvalue weighted by atomic mass is 16.5. The summed E-state index contributed by atoms with van der Waals surface area (Å²) in [7, 11) is 0. The molecule has 1 atom stereocenters. The number of rotatable bonds is 3. The Morgan fingerprint density at radius 3 is 2.25 bits per heavy atom. The van der Waals surface area contributed by atoms with Crippen LogP contribution in [0.4, 0.5) is 5.69 Å². The van der Waals surface area contributed by atoms with Crippen molar-refractivity contribution in [3.8, 4) is 0 Å². The molecule has 4 rings (SSSR count). The van der Waals surface area contributed by atoms with E-state index in [4.69, 9.17) is 10.5 Å². The zero-order valence-corrected chi connectivity index (χ0v) is 15.7. The second kappa shape index (κ2) is 7.20. The maximum absolute atomic E-state index is 13.1. The van der Waals surface area contributed by atoms with Gasteiger partial charge in [-0.1, -0.05) is 36.4 Å². The maximum atomic E-state index is 13.1. The minimum Gasteiger partial charge on any atom is -0.461 e. The van der Waals surface area contributed by atoms with Crippen molar-refractivity contribution in [1.29, 1.82) is 0 Å². The van der Waals surface area contributed by atoms with Gasteiger partial charge >= 0.3 is 5.97 Å². The Morgan fingerprint density at radius 1 is 1.00 bits per heavy atom. The predicted molar refractivity (Wildman–Crippen MR) is 105 cm³/mol. The molecule has 0 bridgehead atoms. The Bertz CT molecular complexity index is 959. The Labute approximate surface area is 163 Å². The number of fused-ring (bicyclic) bond motifs is 2. The summed E-state index contributed by atoms with van der Waals surface area (Å²) in [5.74, 6) is -0.632. The van der Waals surface area contributed by atoms with Crippen LogP contribution in [0.25, 0.3) is 0 Å². The van der Waals surface area contributed by atoms with Crippen molar-refractivity contribution in [3.05, 3.63) is 64.7 Å². The van der Waals surface area contributed by atoms with Crippen LogP contribution in [0.15, 0.2) is 42.5 Å². The van der Waals surface area contributed by atoms with E-state index in [1.54, 1.807) is 37.3 Å². The van der Waals surface area contributed by atoms with Crippen molar-refractivity contribution in [2.45, 2.75) is 31.9 Å². The first kappa shape index (κ1) is 18.4. The molecule has 28 heavy (non-hydrogen) atoms. The van der Waals surface area contributed by atoms with Gasteiger partial charge in [-0.2, -0.15) is 0 Å². The standard InChI is InChI=1S/C22H22N2O4/c1-13(23)22(27)28-14-9-11-24(12-10-14)18-8-4-7-17-19(18)21(26)16-6-3-2-5-15(16)20(17)25/h2-8,13-14H,9-12,23H2,1H3/t13-/m0/s1. The van der Waals surface area contributed by atoms with Gasteiger partial charge in [0.15, 0.2) is 11.6 Å². The molecular formula is C22H22N2O4. The molecule has 1 fully saturated rings. The highest BCUT2D eigenvalue weighted by Crippen LogP contribution is 2.35. The minimum absolute atomic E-state index is 0.118. The number of carbonyl (C=O) groups excluding carboxylic acids is 3. The number of benzene rings is 2. The van der Waals surface area contributed by atoms with Gasteiger partial charge in [0.05, 0.1) is 5.56 Å². The number of nitrogens with two attached hydrogens (primary N) is 1. The van der Waals surface area contributed by atoms with Gasteiger partial charge in [0, 0.05) is 48.3 Å². The second-order valence-corrected chi connectivity index (χ2v) is 7.32. The maximum Gasteiger partial charge on any atom is 0.322 e. The van der Waals surface area contributed by atoms with Gasteiger partial charge in [-0.15, -0.1) is 0 Å². The van der Waals surface area contributed by atoms with Crippen LogP contribution in [0.2, 0.25) is 0 Å². The first-order chi connectivity index (χ1) is 13.5. The van der Waals surface area contributed by atoms with Crippen LogP contribution < -0.4 is 10.6 Å². The fraction of sp³-hybridized carbons (Fsp3) is 0.318. The second-order valence-electron chi connectivity index (χ2n) is 7.32. The lowest BCUT2D eigenvalue weighted by Gasteiger charge is -2.35. The molecule has 1 heterocycles. The predicted octanol–water partition coefficient (Wildman–Crippen LogP) is 2.32. The number of piperidine rings is 1. The summed E-state index contributed by atoms with van der Waals surface area (Å²) in [5.41, 5.74) is 8.16. The number of ether oxygens (including phenoxy) is 1. The van der Waals surface area contributed by atoms with E-state index in [1.807, 2.05) is 12.1 Å². The van der Waals surface area contributed by atoms with Gasteiger partial charge in [-0.3, -0.25) is 14.4 Å². The molecule has 2 N–H and O–H groups in total. The van der Waals surface area contributed by atoms with E-state index in [0.717, 1.165) is 5.69 Å². The largest absolute Gasteiger partial charge is 0.461 e. The van der Waals surface area contributed by atoms with Gasteiger partial charge in [0.1, 0.15) is 12.1 Å². The average Bonchev–Trinajstić information content (AvgIpc) is 2.72. The molecule has 144 valence electrons. The molecule has 0 aromatic heterocycles. The fourth-order valence-corrected chi connectivity index (χ4v) is 3.88. The SMILES string of the molecule is C[C@H](N)C(=O)OC1CCN(c2cccc3c2C(=O)c2ccccc2C3=O)CC1. The Hall–Kier alpha value is -2.99. The van der Waals surface area contributed by atoms with Crippen LogP contribution in [0.3, 0.4) is 0 Å².